The Morgan fingerprint density at radius 2 is 2.16 bits per heavy atom. The molecule has 19 heavy (non-hydrogen) atoms. The molecule has 0 aliphatic carbocycles. The van der Waals surface area contributed by atoms with Crippen molar-refractivity contribution in [3.05, 3.63) is 46.1 Å². The van der Waals surface area contributed by atoms with Crippen LogP contribution in [-0.2, 0) is 0 Å². The largest absolute Gasteiger partial charge is 0.295 e. The van der Waals surface area contributed by atoms with Crippen LogP contribution >= 0.6 is 15.9 Å². The van der Waals surface area contributed by atoms with Crippen molar-refractivity contribution in [1.29, 1.82) is 0 Å². The molecular formula is C14H15BrN2O2. The number of non-ortho nitro benzene ring substituents is 1. The van der Waals surface area contributed by atoms with Crippen molar-refractivity contribution in [2.75, 3.05) is 0 Å². The molecule has 2 aromatic rings. The van der Waals surface area contributed by atoms with E-state index in [9.17, 15) is 10.1 Å². The average Bonchev–Trinajstić information content (AvgIpc) is 2.39. The fourth-order valence-electron chi connectivity index (χ4n) is 2.44. The molecule has 2 unspecified atom stereocenters. The third-order valence-corrected chi connectivity index (χ3v) is 4.01. The van der Waals surface area contributed by atoms with Gasteiger partial charge in [0.2, 0.25) is 0 Å². The molecule has 100 valence electrons. The molecule has 0 aliphatic rings. The Balaban J connectivity index is 2.71. The van der Waals surface area contributed by atoms with Crippen molar-refractivity contribution in [1.82, 2.24) is 4.98 Å². The molecule has 0 bridgehead atoms. The van der Waals surface area contributed by atoms with Crippen molar-refractivity contribution in [3.8, 4) is 0 Å². The molecule has 4 nitrogen and oxygen atoms in total. The van der Waals surface area contributed by atoms with E-state index in [1.54, 1.807) is 12.3 Å². The number of hydrogen-bond donors (Lipinski definition) is 0. The third-order valence-electron chi connectivity index (χ3n) is 3.37. The van der Waals surface area contributed by atoms with E-state index in [1.165, 1.54) is 0 Å². The molecular weight excluding hydrogens is 308 g/mol. The van der Waals surface area contributed by atoms with E-state index < -0.39 is 0 Å². The fraction of sp³-hybridized carbons (Fsp3) is 0.357. The number of hydrogen-bond acceptors (Lipinski definition) is 3. The van der Waals surface area contributed by atoms with Gasteiger partial charge in [0.25, 0.3) is 5.69 Å². The molecule has 5 heteroatoms. The summed E-state index contributed by atoms with van der Waals surface area (Å²) in [6, 6.07) is 7.14. The smallest absolute Gasteiger partial charge is 0.258 e. The molecule has 0 saturated carbocycles. The Bertz CT molecular complexity index is 613. The second-order valence-electron chi connectivity index (χ2n) is 4.52. The Morgan fingerprint density at radius 3 is 2.74 bits per heavy atom. The Hall–Kier alpha value is -1.49. The van der Waals surface area contributed by atoms with Gasteiger partial charge in [-0.2, -0.15) is 0 Å². The lowest BCUT2D eigenvalue weighted by atomic mass is 9.90. The average molecular weight is 323 g/mol. The van der Waals surface area contributed by atoms with Crippen LogP contribution in [0.5, 0.6) is 0 Å². The first-order chi connectivity index (χ1) is 9.06. The van der Waals surface area contributed by atoms with Crippen molar-refractivity contribution >= 4 is 32.5 Å². The first-order valence-corrected chi connectivity index (χ1v) is 7.14. The highest BCUT2D eigenvalue weighted by atomic mass is 79.9. The highest BCUT2D eigenvalue weighted by Crippen LogP contribution is 2.35. The summed E-state index contributed by atoms with van der Waals surface area (Å²) in [4.78, 5) is 15.2. The highest BCUT2D eigenvalue weighted by molar-refractivity contribution is 9.09. The number of benzene rings is 1. The minimum absolute atomic E-state index is 0.0661. The molecule has 0 amide bonds. The van der Waals surface area contributed by atoms with Gasteiger partial charge < -0.3 is 0 Å². The first kappa shape index (κ1) is 13.9. The zero-order valence-electron chi connectivity index (χ0n) is 10.8. The number of rotatable bonds is 4. The van der Waals surface area contributed by atoms with Gasteiger partial charge in [0, 0.05) is 22.5 Å². The molecule has 1 aromatic heterocycles. The summed E-state index contributed by atoms with van der Waals surface area (Å²) in [6.45, 7) is 4.21. The van der Waals surface area contributed by atoms with Crippen LogP contribution < -0.4 is 0 Å². The van der Waals surface area contributed by atoms with Gasteiger partial charge in [-0.1, -0.05) is 41.9 Å². The van der Waals surface area contributed by atoms with Crippen LogP contribution in [0.25, 0.3) is 10.9 Å². The van der Waals surface area contributed by atoms with E-state index in [0.29, 0.717) is 16.3 Å². The predicted molar refractivity (Wildman–Crippen MR) is 79.8 cm³/mol. The number of nitro groups is 1. The second-order valence-corrected chi connectivity index (χ2v) is 5.97. The zero-order valence-corrected chi connectivity index (χ0v) is 12.4. The maximum absolute atomic E-state index is 11.1. The lowest BCUT2D eigenvalue weighted by Gasteiger charge is -2.19. The molecule has 1 aromatic carbocycles. The van der Waals surface area contributed by atoms with E-state index in [-0.39, 0.29) is 10.6 Å². The van der Waals surface area contributed by atoms with Crippen molar-refractivity contribution in [3.63, 3.8) is 0 Å². The second kappa shape index (κ2) is 5.65. The molecule has 0 radical (unpaired) electrons. The van der Waals surface area contributed by atoms with Crippen LogP contribution in [0.1, 0.15) is 31.7 Å². The lowest BCUT2D eigenvalue weighted by Crippen LogP contribution is -2.09. The molecule has 0 spiro atoms. The summed E-state index contributed by atoms with van der Waals surface area (Å²) < 4.78 is 0. The Labute approximate surface area is 120 Å². The van der Waals surface area contributed by atoms with Crippen LogP contribution in [-0.4, -0.2) is 14.7 Å². The molecule has 1 heterocycles. The maximum atomic E-state index is 11.1. The normalized spacial score (nSPS) is 14.3. The van der Waals surface area contributed by atoms with E-state index in [0.717, 1.165) is 17.4 Å². The fourth-order valence-corrected chi connectivity index (χ4v) is 3.10. The number of alkyl halides is 1. The first-order valence-electron chi connectivity index (χ1n) is 6.22. The molecule has 0 N–H and O–H groups in total. The summed E-state index contributed by atoms with van der Waals surface area (Å²) >= 11 is 3.62. The van der Waals surface area contributed by atoms with Crippen molar-refractivity contribution < 1.29 is 4.92 Å². The monoisotopic (exact) mass is 322 g/mol. The van der Waals surface area contributed by atoms with E-state index in [1.807, 2.05) is 18.2 Å². The molecule has 0 fully saturated rings. The van der Waals surface area contributed by atoms with E-state index >= 15 is 0 Å². The maximum Gasteiger partial charge on any atom is 0.295 e. The number of fused-ring (bicyclic) bond motifs is 1. The summed E-state index contributed by atoms with van der Waals surface area (Å²) in [7, 11) is 0. The summed E-state index contributed by atoms with van der Waals surface area (Å²) in [5, 5.41) is 11.9. The standard InChI is InChI=1S/C14H15BrN2O2/c1-3-10(9(2)15)11-6-7-13(17(18)19)14-12(11)5-4-8-16-14/h4-10H,3H2,1-2H3. The molecule has 2 atom stereocenters. The number of nitrogens with zero attached hydrogens (tertiary/aromatic N) is 2. The van der Waals surface area contributed by atoms with Gasteiger partial charge in [-0.15, -0.1) is 0 Å². The number of pyridine rings is 1. The summed E-state index contributed by atoms with van der Waals surface area (Å²) in [5.74, 6) is 0.313. The van der Waals surface area contributed by atoms with Crippen LogP contribution in [0.15, 0.2) is 30.5 Å². The van der Waals surface area contributed by atoms with Gasteiger partial charge in [-0.3, -0.25) is 10.1 Å². The SMILES string of the molecule is CCC(c1ccc([N+](=O)[O-])c2ncccc12)C(C)Br. The Morgan fingerprint density at radius 1 is 1.42 bits per heavy atom. The topological polar surface area (TPSA) is 56.0 Å². The Kier molecular flexibility index (Phi) is 4.14. The van der Waals surface area contributed by atoms with Crippen LogP contribution in [0, 0.1) is 10.1 Å². The molecule has 2 rings (SSSR count). The van der Waals surface area contributed by atoms with Gasteiger partial charge in [0.1, 0.15) is 5.52 Å². The summed E-state index contributed by atoms with van der Waals surface area (Å²) in [6.07, 6.45) is 2.56. The van der Waals surface area contributed by atoms with Gasteiger partial charge in [-0.25, -0.2) is 4.98 Å². The quantitative estimate of drug-likeness (QED) is 0.475. The minimum atomic E-state index is -0.377. The lowest BCUT2D eigenvalue weighted by molar-refractivity contribution is -0.383. The number of aromatic nitrogens is 1. The van der Waals surface area contributed by atoms with Crippen molar-refractivity contribution in [2.24, 2.45) is 0 Å². The third kappa shape index (κ3) is 2.61. The van der Waals surface area contributed by atoms with Gasteiger partial charge in [0.15, 0.2) is 0 Å². The molecule has 0 saturated heterocycles. The van der Waals surface area contributed by atoms with Crippen LogP contribution in [0.3, 0.4) is 0 Å². The van der Waals surface area contributed by atoms with Gasteiger partial charge in [-0.05, 0) is 24.0 Å². The number of nitro benzene ring substituents is 1. The summed E-state index contributed by atoms with van der Waals surface area (Å²) in [5.41, 5.74) is 1.65. The van der Waals surface area contributed by atoms with Gasteiger partial charge >= 0.3 is 0 Å². The van der Waals surface area contributed by atoms with E-state index in [2.05, 4.69) is 34.8 Å². The highest BCUT2D eigenvalue weighted by Gasteiger charge is 2.21. The zero-order chi connectivity index (χ0) is 14.0. The van der Waals surface area contributed by atoms with Crippen molar-refractivity contribution in [2.45, 2.75) is 31.0 Å². The van der Waals surface area contributed by atoms with Gasteiger partial charge in [0.05, 0.1) is 4.92 Å². The predicted octanol–water partition coefficient (Wildman–Crippen LogP) is 4.42. The van der Waals surface area contributed by atoms with Crippen LogP contribution in [0.4, 0.5) is 5.69 Å². The van der Waals surface area contributed by atoms with E-state index in [4.69, 9.17) is 0 Å². The number of halogens is 1. The van der Waals surface area contributed by atoms with Crippen LogP contribution in [0.2, 0.25) is 0 Å². The molecule has 0 aliphatic heterocycles. The minimum Gasteiger partial charge on any atom is -0.258 e.